The minimum Gasteiger partial charge on any atom is -0.368 e. The quantitative estimate of drug-likeness (QED) is 0.848. The van der Waals surface area contributed by atoms with Crippen LogP contribution in [0.4, 0.5) is 8.78 Å². The molecule has 0 saturated heterocycles. The molecule has 1 aliphatic rings. The van der Waals surface area contributed by atoms with E-state index in [4.69, 9.17) is 5.73 Å². The molecule has 0 heterocycles. The SMILES string of the molecule is NC(=O)CN(C(=O)/C=C/c1cc(F)ccc1F)C1CCCC1. The number of hydrogen-bond donors (Lipinski definition) is 1. The summed E-state index contributed by atoms with van der Waals surface area (Å²) in [5.41, 5.74) is 5.17. The summed E-state index contributed by atoms with van der Waals surface area (Å²) >= 11 is 0. The van der Waals surface area contributed by atoms with Gasteiger partial charge in [-0.1, -0.05) is 12.8 Å². The minimum atomic E-state index is -0.618. The van der Waals surface area contributed by atoms with E-state index in [1.54, 1.807) is 0 Å². The van der Waals surface area contributed by atoms with Gasteiger partial charge in [0.1, 0.15) is 11.6 Å². The molecule has 4 nitrogen and oxygen atoms in total. The first kappa shape index (κ1) is 16.1. The second kappa shape index (κ2) is 7.15. The van der Waals surface area contributed by atoms with Gasteiger partial charge in [0.15, 0.2) is 0 Å². The first-order valence-corrected chi connectivity index (χ1v) is 7.19. The van der Waals surface area contributed by atoms with Crippen LogP contribution in [-0.4, -0.2) is 29.3 Å². The van der Waals surface area contributed by atoms with E-state index in [2.05, 4.69) is 0 Å². The molecule has 0 spiro atoms. The lowest BCUT2D eigenvalue weighted by Crippen LogP contribution is -2.43. The van der Waals surface area contributed by atoms with Crippen molar-refractivity contribution in [1.29, 1.82) is 0 Å². The van der Waals surface area contributed by atoms with Crippen LogP contribution in [0.1, 0.15) is 31.2 Å². The predicted molar refractivity (Wildman–Crippen MR) is 78.6 cm³/mol. The second-order valence-corrected chi connectivity index (χ2v) is 5.37. The molecule has 1 fully saturated rings. The van der Waals surface area contributed by atoms with E-state index in [1.807, 2.05) is 0 Å². The maximum atomic E-state index is 13.5. The molecule has 2 rings (SSSR count). The Kier molecular flexibility index (Phi) is 5.25. The molecule has 0 aliphatic heterocycles. The molecule has 1 saturated carbocycles. The van der Waals surface area contributed by atoms with Crippen LogP contribution in [0.2, 0.25) is 0 Å². The lowest BCUT2D eigenvalue weighted by molar-refractivity contribution is -0.133. The fourth-order valence-corrected chi connectivity index (χ4v) is 2.67. The number of rotatable bonds is 5. The third kappa shape index (κ3) is 4.13. The van der Waals surface area contributed by atoms with E-state index in [0.29, 0.717) is 0 Å². The zero-order chi connectivity index (χ0) is 16.1. The van der Waals surface area contributed by atoms with Crippen LogP contribution in [0.25, 0.3) is 6.08 Å². The molecule has 0 radical (unpaired) electrons. The van der Waals surface area contributed by atoms with Crippen molar-refractivity contribution in [2.45, 2.75) is 31.7 Å². The van der Waals surface area contributed by atoms with Gasteiger partial charge in [0.2, 0.25) is 11.8 Å². The molecule has 6 heteroatoms. The molecule has 1 aliphatic carbocycles. The predicted octanol–water partition coefficient (Wildman–Crippen LogP) is 2.23. The normalized spacial score (nSPS) is 15.4. The Labute approximate surface area is 127 Å². The number of nitrogens with zero attached hydrogens (tertiary/aromatic N) is 1. The largest absolute Gasteiger partial charge is 0.368 e. The number of benzene rings is 1. The lowest BCUT2D eigenvalue weighted by Gasteiger charge is -2.26. The number of amides is 2. The molecule has 1 aromatic rings. The Hall–Kier alpha value is -2.24. The van der Waals surface area contributed by atoms with Crippen LogP contribution < -0.4 is 5.73 Å². The molecule has 0 aromatic heterocycles. The van der Waals surface area contributed by atoms with Gasteiger partial charge in [-0.2, -0.15) is 0 Å². The van der Waals surface area contributed by atoms with Crippen molar-refractivity contribution >= 4 is 17.9 Å². The van der Waals surface area contributed by atoms with Crippen LogP contribution in [0.15, 0.2) is 24.3 Å². The average Bonchev–Trinajstić information content (AvgIpc) is 2.99. The monoisotopic (exact) mass is 308 g/mol. The summed E-state index contributed by atoms with van der Waals surface area (Å²) < 4.78 is 26.6. The van der Waals surface area contributed by atoms with Crippen LogP contribution in [0.3, 0.4) is 0 Å². The van der Waals surface area contributed by atoms with Gasteiger partial charge in [-0.3, -0.25) is 9.59 Å². The summed E-state index contributed by atoms with van der Waals surface area (Å²) in [6.07, 6.45) is 6.00. The van der Waals surface area contributed by atoms with E-state index in [1.165, 1.54) is 11.0 Å². The summed E-state index contributed by atoms with van der Waals surface area (Å²) in [7, 11) is 0. The van der Waals surface area contributed by atoms with Gasteiger partial charge in [-0.25, -0.2) is 8.78 Å². The maximum Gasteiger partial charge on any atom is 0.247 e. The van der Waals surface area contributed by atoms with Crippen molar-refractivity contribution in [2.75, 3.05) is 6.54 Å². The molecule has 2 N–H and O–H groups in total. The van der Waals surface area contributed by atoms with Crippen molar-refractivity contribution < 1.29 is 18.4 Å². The maximum absolute atomic E-state index is 13.5. The van der Waals surface area contributed by atoms with Crippen molar-refractivity contribution in [3.63, 3.8) is 0 Å². The van der Waals surface area contributed by atoms with Crippen molar-refractivity contribution in [3.8, 4) is 0 Å². The van der Waals surface area contributed by atoms with Gasteiger partial charge in [0.05, 0.1) is 6.54 Å². The minimum absolute atomic E-state index is 0.0150. The van der Waals surface area contributed by atoms with E-state index >= 15 is 0 Å². The molecule has 0 atom stereocenters. The summed E-state index contributed by atoms with van der Waals surface area (Å²) in [4.78, 5) is 24.8. The average molecular weight is 308 g/mol. The number of carbonyl (C=O) groups excluding carboxylic acids is 2. The van der Waals surface area contributed by atoms with Gasteiger partial charge in [-0.05, 0) is 37.1 Å². The summed E-state index contributed by atoms with van der Waals surface area (Å²) in [6.45, 7) is -0.167. The van der Waals surface area contributed by atoms with Gasteiger partial charge in [0.25, 0.3) is 0 Å². The fraction of sp³-hybridized carbons (Fsp3) is 0.375. The number of hydrogen-bond acceptors (Lipinski definition) is 2. The van der Waals surface area contributed by atoms with Gasteiger partial charge >= 0.3 is 0 Å². The topological polar surface area (TPSA) is 63.4 Å². The van der Waals surface area contributed by atoms with E-state index in [0.717, 1.165) is 50.0 Å². The standard InChI is InChI=1S/C16H18F2N2O2/c17-12-6-7-14(18)11(9-12)5-8-16(22)20(10-15(19)21)13-3-1-2-4-13/h5-9,13H,1-4,10H2,(H2,19,21)/b8-5+. The van der Waals surface area contributed by atoms with E-state index in [9.17, 15) is 18.4 Å². The van der Waals surface area contributed by atoms with Crippen molar-refractivity contribution in [3.05, 3.63) is 41.5 Å². The summed E-state index contributed by atoms with van der Waals surface area (Å²) in [5.74, 6) is -2.22. The third-order valence-electron chi connectivity index (χ3n) is 3.74. The van der Waals surface area contributed by atoms with Gasteiger partial charge in [0, 0.05) is 17.7 Å². The molecule has 22 heavy (non-hydrogen) atoms. The molecule has 2 amide bonds. The Balaban J connectivity index is 2.14. The molecule has 1 aromatic carbocycles. The van der Waals surface area contributed by atoms with Crippen LogP contribution in [0, 0.1) is 11.6 Å². The van der Waals surface area contributed by atoms with Gasteiger partial charge in [-0.15, -0.1) is 0 Å². The zero-order valence-electron chi connectivity index (χ0n) is 12.1. The van der Waals surface area contributed by atoms with Gasteiger partial charge < -0.3 is 10.6 Å². The highest BCUT2D eigenvalue weighted by Gasteiger charge is 2.26. The van der Waals surface area contributed by atoms with Crippen molar-refractivity contribution in [2.24, 2.45) is 5.73 Å². The number of nitrogens with two attached hydrogens (primary N) is 1. The molecule has 0 unspecified atom stereocenters. The number of primary amides is 1. The lowest BCUT2D eigenvalue weighted by atomic mass is 10.1. The molecular formula is C16H18F2N2O2. The van der Waals surface area contributed by atoms with Crippen LogP contribution in [-0.2, 0) is 9.59 Å². The smallest absolute Gasteiger partial charge is 0.247 e. The molecule has 118 valence electrons. The highest BCUT2D eigenvalue weighted by atomic mass is 19.1. The Bertz CT molecular complexity index is 596. The van der Waals surface area contributed by atoms with Crippen LogP contribution >= 0.6 is 0 Å². The molecule has 0 bridgehead atoms. The Morgan fingerprint density at radius 2 is 1.95 bits per heavy atom. The van der Waals surface area contributed by atoms with Crippen LogP contribution in [0.5, 0.6) is 0 Å². The first-order valence-electron chi connectivity index (χ1n) is 7.19. The van der Waals surface area contributed by atoms with E-state index < -0.39 is 23.4 Å². The summed E-state index contributed by atoms with van der Waals surface area (Å²) in [6, 6.07) is 2.99. The number of halogens is 2. The first-order chi connectivity index (χ1) is 10.5. The summed E-state index contributed by atoms with van der Waals surface area (Å²) in [5, 5.41) is 0. The highest BCUT2D eigenvalue weighted by molar-refractivity contribution is 5.94. The fourth-order valence-electron chi connectivity index (χ4n) is 2.67. The Morgan fingerprint density at radius 3 is 2.59 bits per heavy atom. The highest BCUT2D eigenvalue weighted by Crippen LogP contribution is 2.23. The third-order valence-corrected chi connectivity index (χ3v) is 3.74. The van der Waals surface area contributed by atoms with E-state index in [-0.39, 0.29) is 18.2 Å². The Morgan fingerprint density at radius 1 is 1.27 bits per heavy atom. The second-order valence-electron chi connectivity index (χ2n) is 5.37. The number of carbonyl (C=O) groups is 2. The molecular weight excluding hydrogens is 290 g/mol. The van der Waals surface area contributed by atoms with Crippen molar-refractivity contribution in [1.82, 2.24) is 4.90 Å². The zero-order valence-corrected chi connectivity index (χ0v) is 12.1.